The summed E-state index contributed by atoms with van der Waals surface area (Å²) in [5, 5.41) is -0.432. The second-order valence-corrected chi connectivity index (χ2v) is 10.7. The van der Waals surface area contributed by atoms with E-state index in [-0.39, 0.29) is 17.3 Å². The van der Waals surface area contributed by atoms with Gasteiger partial charge in [0, 0.05) is 29.2 Å². The van der Waals surface area contributed by atoms with Crippen LogP contribution in [0.15, 0.2) is 48.7 Å². The Balaban J connectivity index is 1.85. The van der Waals surface area contributed by atoms with Gasteiger partial charge in [0.05, 0.1) is 5.25 Å². The van der Waals surface area contributed by atoms with Crippen molar-refractivity contribution in [2.45, 2.75) is 50.7 Å². The average molecular weight is 469 g/mol. The SMILES string of the molecule is CC(C)Cn1cc([C@H](NS(=O)(=O)C2CC2)C(F)(F)F)c2ccc(-c3ccc(F)cc3)cc21. The number of sulfonamides is 1. The molecular formula is C23H24F4N2O2S. The van der Waals surface area contributed by atoms with Crippen LogP contribution in [0.25, 0.3) is 22.0 Å². The number of nitrogens with one attached hydrogen (secondary N) is 1. The summed E-state index contributed by atoms with van der Waals surface area (Å²) in [7, 11) is -4.07. The highest BCUT2D eigenvalue weighted by Crippen LogP contribution is 2.40. The Bertz CT molecular complexity index is 1230. The van der Waals surface area contributed by atoms with Gasteiger partial charge in [-0.15, -0.1) is 0 Å². The van der Waals surface area contributed by atoms with Gasteiger partial charge in [0.15, 0.2) is 0 Å². The molecule has 2 aromatic carbocycles. The first-order chi connectivity index (χ1) is 15.0. The predicted molar refractivity (Wildman–Crippen MR) is 116 cm³/mol. The van der Waals surface area contributed by atoms with Gasteiger partial charge in [-0.3, -0.25) is 0 Å². The van der Waals surface area contributed by atoms with Crippen molar-refractivity contribution in [3.8, 4) is 11.1 Å². The topological polar surface area (TPSA) is 51.1 Å². The smallest absolute Gasteiger partial charge is 0.347 e. The Kier molecular flexibility index (Phi) is 5.83. The Hall–Kier alpha value is -2.39. The minimum Gasteiger partial charge on any atom is -0.347 e. The lowest BCUT2D eigenvalue weighted by molar-refractivity contribution is -0.152. The third-order valence-electron chi connectivity index (χ3n) is 5.54. The van der Waals surface area contributed by atoms with E-state index in [1.165, 1.54) is 18.3 Å². The van der Waals surface area contributed by atoms with Crippen LogP contribution in [-0.2, 0) is 16.6 Å². The molecule has 1 aromatic heterocycles. The van der Waals surface area contributed by atoms with Crippen molar-refractivity contribution in [3.63, 3.8) is 0 Å². The molecule has 9 heteroatoms. The molecule has 0 unspecified atom stereocenters. The summed E-state index contributed by atoms with van der Waals surface area (Å²) in [6.07, 6.45) is -2.66. The highest BCUT2D eigenvalue weighted by molar-refractivity contribution is 7.90. The lowest BCUT2D eigenvalue weighted by Gasteiger charge is -2.21. The molecule has 1 atom stereocenters. The van der Waals surface area contributed by atoms with Crippen molar-refractivity contribution in [3.05, 3.63) is 60.0 Å². The van der Waals surface area contributed by atoms with Crippen LogP contribution in [0.3, 0.4) is 0 Å². The Morgan fingerprint density at radius 3 is 2.25 bits per heavy atom. The fourth-order valence-corrected chi connectivity index (χ4v) is 5.40. The third kappa shape index (κ3) is 4.68. The van der Waals surface area contributed by atoms with Gasteiger partial charge in [-0.25, -0.2) is 12.8 Å². The average Bonchev–Trinajstić information content (AvgIpc) is 3.50. The zero-order chi connectivity index (χ0) is 23.3. The van der Waals surface area contributed by atoms with E-state index in [0.717, 1.165) is 11.1 Å². The number of aromatic nitrogens is 1. The van der Waals surface area contributed by atoms with E-state index in [1.54, 1.807) is 34.9 Å². The van der Waals surface area contributed by atoms with E-state index in [2.05, 4.69) is 0 Å². The zero-order valence-corrected chi connectivity index (χ0v) is 18.5. The first-order valence-corrected chi connectivity index (χ1v) is 12.0. The highest BCUT2D eigenvalue weighted by atomic mass is 32.2. The summed E-state index contributed by atoms with van der Waals surface area (Å²) in [5.74, 6) is -0.225. The highest BCUT2D eigenvalue weighted by Gasteiger charge is 2.47. The van der Waals surface area contributed by atoms with Gasteiger partial charge in [-0.2, -0.15) is 17.9 Å². The molecule has 1 heterocycles. The van der Waals surface area contributed by atoms with Crippen molar-refractivity contribution in [2.75, 3.05) is 0 Å². The van der Waals surface area contributed by atoms with Gasteiger partial charge in [0.1, 0.15) is 11.9 Å². The monoisotopic (exact) mass is 468 g/mol. The first kappa shape index (κ1) is 22.8. The molecule has 0 saturated heterocycles. The van der Waals surface area contributed by atoms with Gasteiger partial charge >= 0.3 is 6.18 Å². The summed E-state index contributed by atoms with van der Waals surface area (Å²) in [6.45, 7) is 4.36. The van der Waals surface area contributed by atoms with Crippen molar-refractivity contribution in [1.29, 1.82) is 0 Å². The number of halogens is 4. The second-order valence-electron chi connectivity index (χ2n) is 8.71. The third-order valence-corrected chi connectivity index (χ3v) is 7.45. The Morgan fingerprint density at radius 1 is 1.06 bits per heavy atom. The number of fused-ring (bicyclic) bond motifs is 1. The van der Waals surface area contributed by atoms with Crippen LogP contribution >= 0.6 is 0 Å². The van der Waals surface area contributed by atoms with Gasteiger partial charge in [-0.05, 0) is 48.1 Å². The summed E-state index contributed by atoms with van der Waals surface area (Å²) >= 11 is 0. The molecule has 0 aliphatic heterocycles. The van der Waals surface area contributed by atoms with Gasteiger partial charge < -0.3 is 4.57 Å². The minimum atomic E-state index is -4.80. The molecule has 1 aliphatic carbocycles. The van der Waals surface area contributed by atoms with Gasteiger partial charge in [-0.1, -0.05) is 38.1 Å². The van der Waals surface area contributed by atoms with Crippen LogP contribution < -0.4 is 4.72 Å². The molecule has 1 fully saturated rings. The fourth-order valence-electron chi connectivity index (χ4n) is 3.86. The second kappa shape index (κ2) is 8.19. The number of benzene rings is 2. The van der Waals surface area contributed by atoms with Crippen molar-refractivity contribution in [1.82, 2.24) is 9.29 Å². The molecule has 1 saturated carbocycles. The maximum Gasteiger partial charge on any atom is 0.408 e. The van der Waals surface area contributed by atoms with Gasteiger partial charge in [0.2, 0.25) is 10.0 Å². The van der Waals surface area contributed by atoms with Gasteiger partial charge in [0.25, 0.3) is 0 Å². The first-order valence-electron chi connectivity index (χ1n) is 10.4. The molecule has 3 aromatic rings. The Labute approximate surface area is 184 Å². The number of hydrogen-bond acceptors (Lipinski definition) is 2. The van der Waals surface area contributed by atoms with Crippen molar-refractivity contribution < 1.29 is 26.0 Å². The lowest BCUT2D eigenvalue weighted by Crippen LogP contribution is -2.39. The van der Waals surface area contributed by atoms with Crippen LogP contribution in [0.4, 0.5) is 17.6 Å². The number of rotatable bonds is 7. The molecule has 0 spiro atoms. The van der Waals surface area contributed by atoms with Crippen LogP contribution in [0.2, 0.25) is 0 Å². The number of alkyl halides is 3. The molecular weight excluding hydrogens is 444 g/mol. The van der Waals surface area contributed by atoms with E-state index in [0.29, 0.717) is 30.3 Å². The zero-order valence-electron chi connectivity index (χ0n) is 17.7. The molecule has 0 radical (unpaired) electrons. The molecule has 0 amide bonds. The van der Waals surface area contributed by atoms with Crippen LogP contribution in [0.1, 0.15) is 38.3 Å². The van der Waals surface area contributed by atoms with E-state index < -0.39 is 27.5 Å². The van der Waals surface area contributed by atoms with E-state index in [4.69, 9.17) is 0 Å². The maximum atomic E-state index is 14.0. The Morgan fingerprint density at radius 2 is 1.69 bits per heavy atom. The van der Waals surface area contributed by atoms with Crippen LogP contribution in [0.5, 0.6) is 0 Å². The predicted octanol–water partition coefficient (Wildman–Crippen LogP) is 5.79. The quantitative estimate of drug-likeness (QED) is 0.447. The molecule has 172 valence electrons. The van der Waals surface area contributed by atoms with Crippen LogP contribution in [0, 0.1) is 11.7 Å². The molecule has 1 N–H and O–H groups in total. The van der Waals surface area contributed by atoms with Crippen molar-refractivity contribution >= 4 is 20.9 Å². The number of nitrogens with zero attached hydrogens (tertiary/aromatic N) is 1. The molecule has 0 bridgehead atoms. The lowest BCUT2D eigenvalue weighted by atomic mass is 10.0. The maximum absolute atomic E-state index is 14.0. The van der Waals surface area contributed by atoms with E-state index in [9.17, 15) is 26.0 Å². The van der Waals surface area contributed by atoms with E-state index in [1.807, 2.05) is 18.6 Å². The summed E-state index contributed by atoms with van der Waals surface area (Å²) in [6, 6.07) is 8.53. The summed E-state index contributed by atoms with van der Waals surface area (Å²) in [4.78, 5) is 0. The number of hydrogen-bond donors (Lipinski definition) is 1. The standard InChI is InChI=1S/C23H24F4N2O2S/c1-14(2)12-29-13-20(22(23(25,26)27)28-32(30,31)18-8-9-18)19-10-5-16(11-21(19)29)15-3-6-17(24)7-4-15/h3-7,10-11,13-14,18,22,28H,8-9,12H2,1-2H3/t22-/m0/s1. The van der Waals surface area contributed by atoms with Crippen molar-refractivity contribution in [2.24, 2.45) is 5.92 Å². The fraction of sp³-hybridized carbons (Fsp3) is 0.391. The normalized spacial score (nSPS) is 16.1. The molecule has 32 heavy (non-hydrogen) atoms. The molecule has 4 rings (SSSR count). The largest absolute Gasteiger partial charge is 0.408 e. The molecule has 1 aliphatic rings. The minimum absolute atomic E-state index is 0.122. The van der Waals surface area contributed by atoms with E-state index >= 15 is 0 Å². The molecule has 4 nitrogen and oxygen atoms in total. The summed E-state index contributed by atoms with van der Waals surface area (Å²) < 4.78 is 83.8. The van der Waals surface area contributed by atoms with Crippen LogP contribution in [-0.4, -0.2) is 24.4 Å². The summed E-state index contributed by atoms with van der Waals surface area (Å²) in [5.41, 5.74) is 1.90.